The summed E-state index contributed by atoms with van der Waals surface area (Å²) < 4.78 is 0. The molecule has 0 aliphatic carbocycles. The third-order valence-corrected chi connectivity index (χ3v) is 5.73. The van der Waals surface area contributed by atoms with Gasteiger partial charge in [0.2, 0.25) is 5.91 Å². The van der Waals surface area contributed by atoms with E-state index in [4.69, 9.17) is 0 Å². The Balaban J connectivity index is 1.34. The Morgan fingerprint density at radius 1 is 1.07 bits per heavy atom. The number of piperazine rings is 1. The zero-order valence-electron chi connectivity index (χ0n) is 17.1. The minimum Gasteiger partial charge on any atom is -0.324 e. The molecule has 1 N–H and O–H groups in total. The van der Waals surface area contributed by atoms with Crippen LogP contribution < -0.4 is 5.32 Å². The topological polar surface area (TPSA) is 48.5 Å². The van der Waals surface area contributed by atoms with Gasteiger partial charge in [-0.25, -0.2) is 0 Å². The van der Waals surface area contributed by atoms with E-state index in [0.29, 0.717) is 0 Å². The van der Waals surface area contributed by atoms with Gasteiger partial charge in [-0.15, -0.1) is 0 Å². The van der Waals surface area contributed by atoms with Crippen LogP contribution in [0, 0.1) is 6.92 Å². The van der Waals surface area contributed by atoms with Gasteiger partial charge in [0.1, 0.15) is 0 Å². The molecule has 1 amide bonds. The summed E-state index contributed by atoms with van der Waals surface area (Å²) in [5.41, 5.74) is 4.37. The van der Waals surface area contributed by atoms with E-state index in [-0.39, 0.29) is 11.9 Å². The SMILES string of the molecule is Cc1cccc(CN2CCN(C(C)C(=O)Nc3cccc4ncccc34)CC2)c1. The van der Waals surface area contributed by atoms with Crippen LogP contribution in [-0.2, 0) is 11.3 Å². The first-order valence-corrected chi connectivity index (χ1v) is 10.3. The maximum absolute atomic E-state index is 12.9. The van der Waals surface area contributed by atoms with E-state index in [2.05, 4.69) is 51.3 Å². The van der Waals surface area contributed by atoms with Crippen LogP contribution in [0.4, 0.5) is 5.69 Å². The second kappa shape index (κ2) is 8.72. The summed E-state index contributed by atoms with van der Waals surface area (Å²) in [6, 6.07) is 18.3. The van der Waals surface area contributed by atoms with E-state index in [1.165, 1.54) is 11.1 Å². The van der Waals surface area contributed by atoms with Gasteiger partial charge in [0, 0.05) is 44.3 Å². The fraction of sp³-hybridized carbons (Fsp3) is 0.333. The van der Waals surface area contributed by atoms with Crippen LogP contribution in [0.3, 0.4) is 0 Å². The first-order chi connectivity index (χ1) is 14.1. The van der Waals surface area contributed by atoms with Crippen LogP contribution in [0.5, 0.6) is 0 Å². The summed E-state index contributed by atoms with van der Waals surface area (Å²) in [5.74, 6) is 0.0356. The largest absolute Gasteiger partial charge is 0.324 e. The Bertz CT molecular complexity index is 990. The Morgan fingerprint density at radius 3 is 2.66 bits per heavy atom. The standard InChI is InChI=1S/C24H28N4O/c1-18-6-3-7-20(16-18)17-27-12-14-28(15-13-27)19(2)24(29)26-23-10-4-9-22-21(23)8-5-11-25-22/h3-11,16,19H,12-15,17H2,1-2H3,(H,26,29). The van der Waals surface area contributed by atoms with E-state index in [0.717, 1.165) is 49.3 Å². The van der Waals surface area contributed by atoms with Crippen molar-refractivity contribution in [3.63, 3.8) is 0 Å². The zero-order chi connectivity index (χ0) is 20.2. The van der Waals surface area contributed by atoms with E-state index in [9.17, 15) is 4.79 Å². The predicted molar refractivity (Wildman–Crippen MR) is 118 cm³/mol. The van der Waals surface area contributed by atoms with Crippen molar-refractivity contribution in [1.82, 2.24) is 14.8 Å². The number of fused-ring (bicyclic) bond motifs is 1. The quantitative estimate of drug-likeness (QED) is 0.724. The van der Waals surface area contributed by atoms with Gasteiger partial charge in [0.25, 0.3) is 0 Å². The summed E-state index contributed by atoms with van der Waals surface area (Å²) in [7, 11) is 0. The van der Waals surface area contributed by atoms with Crippen molar-refractivity contribution in [1.29, 1.82) is 0 Å². The molecule has 0 radical (unpaired) electrons. The third kappa shape index (κ3) is 4.63. The lowest BCUT2D eigenvalue weighted by atomic mass is 10.1. The molecule has 0 spiro atoms. The number of hydrogen-bond donors (Lipinski definition) is 1. The molecule has 0 bridgehead atoms. The fourth-order valence-electron chi connectivity index (χ4n) is 3.99. The summed E-state index contributed by atoms with van der Waals surface area (Å²) in [6.07, 6.45) is 1.77. The molecule has 2 heterocycles. The molecule has 1 fully saturated rings. The summed E-state index contributed by atoms with van der Waals surface area (Å²) in [6.45, 7) is 8.85. The molecule has 2 aromatic carbocycles. The first kappa shape index (κ1) is 19.6. The van der Waals surface area contributed by atoms with Gasteiger partial charge in [-0.3, -0.25) is 19.6 Å². The number of pyridine rings is 1. The van der Waals surface area contributed by atoms with E-state index >= 15 is 0 Å². The second-order valence-corrected chi connectivity index (χ2v) is 7.84. The number of rotatable bonds is 5. The molecule has 3 aromatic rings. The molecule has 1 saturated heterocycles. The van der Waals surface area contributed by atoms with Crippen LogP contribution in [0.2, 0.25) is 0 Å². The van der Waals surface area contributed by atoms with Crippen LogP contribution in [-0.4, -0.2) is 52.9 Å². The lowest BCUT2D eigenvalue weighted by Crippen LogP contribution is -2.52. The van der Waals surface area contributed by atoms with Crippen molar-refractivity contribution in [2.75, 3.05) is 31.5 Å². The molecule has 1 aromatic heterocycles. The summed E-state index contributed by atoms with van der Waals surface area (Å²) in [5, 5.41) is 4.08. The molecule has 1 aliphatic rings. The van der Waals surface area contributed by atoms with Crippen LogP contribution >= 0.6 is 0 Å². The molecule has 5 heteroatoms. The van der Waals surface area contributed by atoms with Crippen molar-refractivity contribution in [3.05, 3.63) is 71.9 Å². The molecule has 1 aliphatic heterocycles. The van der Waals surface area contributed by atoms with Gasteiger partial charge in [0.15, 0.2) is 0 Å². The third-order valence-electron chi connectivity index (χ3n) is 5.73. The highest BCUT2D eigenvalue weighted by Gasteiger charge is 2.26. The molecule has 0 saturated carbocycles. The van der Waals surface area contributed by atoms with E-state index < -0.39 is 0 Å². The van der Waals surface area contributed by atoms with Crippen LogP contribution in [0.25, 0.3) is 10.9 Å². The number of nitrogens with one attached hydrogen (secondary N) is 1. The number of benzene rings is 2. The minimum absolute atomic E-state index is 0.0356. The van der Waals surface area contributed by atoms with Crippen molar-refractivity contribution in [2.45, 2.75) is 26.4 Å². The summed E-state index contributed by atoms with van der Waals surface area (Å²) >= 11 is 0. The number of carbonyl (C=O) groups is 1. The van der Waals surface area contributed by atoms with Gasteiger partial charge in [0.05, 0.1) is 17.2 Å². The predicted octanol–water partition coefficient (Wildman–Crippen LogP) is 3.69. The van der Waals surface area contributed by atoms with Crippen LogP contribution in [0.1, 0.15) is 18.1 Å². The lowest BCUT2D eigenvalue weighted by molar-refractivity contribution is -0.121. The smallest absolute Gasteiger partial charge is 0.241 e. The van der Waals surface area contributed by atoms with Gasteiger partial charge in [-0.2, -0.15) is 0 Å². The van der Waals surface area contributed by atoms with Crippen molar-refractivity contribution < 1.29 is 4.79 Å². The first-order valence-electron chi connectivity index (χ1n) is 10.3. The molecule has 1 atom stereocenters. The number of amides is 1. The lowest BCUT2D eigenvalue weighted by Gasteiger charge is -2.37. The number of hydrogen-bond acceptors (Lipinski definition) is 4. The molecule has 1 unspecified atom stereocenters. The zero-order valence-corrected chi connectivity index (χ0v) is 17.1. The van der Waals surface area contributed by atoms with Crippen molar-refractivity contribution in [2.24, 2.45) is 0 Å². The summed E-state index contributed by atoms with van der Waals surface area (Å²) in [4.78, 5) is 22.0. The van der Waals surface area contributed by atoms with E-state index in [1.54, 1.807) is 6.20 Å². The molecular weight excluding hydrogens is 360 g/mol. The number of aryl methyl sites for hydroxylation is 1. The van der Waals surface area contributed by atoms with E-state index in [1.807, 2.05) is 37.3 Å². The average Bonchev–Trinajstić information content (AvgIpc) is 2.74. The number of carbonyl (C=O) groups excluding carboxylic acids is 1. The molecular formula is C24H28N4O. The Kier molecular flexibility index (Phi) is 5.88. The highest BCUT2D eigenvalue weighted by atomic mass is 16.2. The Morgan fingerprint density at radius 2 is 1.86 bits per heavy atom. The number of anilines is 1. The molecule has 4 rings (SSSR count). The highest BCUT2D eigenvalue weighted by molar-refractivity contribution is 6.02. The molecule has 5 nitrogen and oxygen atoms in total. The minimum atomic E-state index is -0.164. The van der Waals surface area contributed by atoms with Crippen LogP contribution in [0.15, 0.2) is 60.8 Å². The molecule has 150 valence electrons. The second-order valence-electron chi connectivity index (χ2n) is 7.84. The maximum Gasteiger partial charge on any atom is 0.241 e. The van der Waals surface area contributed by atoms with Gasteiger partial charge in [-0.1, -0.05) is 35.9 Å². The Hall–Kier alpha value is -2.76. The fourth-order valence-corrected chi connectivity index (χ4v) is 3.99. The number of aromatic nitrogens is 1. The van der Waals surface area contributed by atoms with Gasteiger partial charge < -0.3 is 5.32 Å². The van der Waals surface area contributed by atoms with Gasteiger partial charge in [-0.05, 0) is 43.7 Å². The highest BCUT2D eigenvalue weighted by Crippen LogP contribution is 2.22. The van der Waals surface area contributed by atoms with Crippen molar-refractivity contribution in [3.8, 4) is 0 Å². The maximum atomic E-state index is 12.9. The Labute approximate surface area is 172 Å². The number of nitrogens with zero attached hydrogens (tertiary/aromatic N) is 3. The molecule has 29 heavy (non-hydrogen) atoms. The van der Waals surface area contributed by atoms with Crippen molar-refractivity contribution >= 4 is 22.5 Å². The average molecular weight is 389 g/mol. The monoisotopic (exact) mass is 388 g/mol. The van der Waals surface area contributed by atoms with Gasteiger partial charge >= 0.3 is 0 Å². The normalized spacial score (nSPS) is 16.6.